The van der Waals surface area contributed by atoms with Crippen molar-refractivity contribution in [2.75, 3.05) is 31.3 Å². The van der Waals surface area contributed by atoms with Crippen molar-refractivity contribution >= 4 is 45.8 Å². The second-order valence-electron chi connectivity index (χ2n) is 7.73. The van der Waals surface area contributed by atoms with E-state index in [1.165, 1.54) is 11.5 Å². The molecule has 2 aromatic rings. The Hall–Kier alpha value is -2.23. The van der Waals surface area contributed by atoms with E-state index < -0.39 is 0 Å². The van der Waals surface area contributed by atoms with Gasteiger partial charge in [-0.3, -0.25) is 4.79 Å². The van der Waals surface area contributed by atoms with Gasteiger partial charge in [0.05, 0.1) is 11.9 Å². The van der Waals surface area contributed by atoms with Crippen molar-refractivity contribution in [1.82, 2.24) is 24.6 Å². The molecule has 1 fully saturated rings. The van der Waals surface area contributed by atoms with Crippen molar-refractivity contribution in [2.45, 2.75) is 44.7 Å². The standard InChI is InChI=1S/C20H28ClN7OS/c1-13-10-18(30-27-13)25-20-22-12-16(21)19(26-20)24-15-7-4-6-14(11-15)23-17(29)8-5-9-28(2)3/h5,8,10,12,14-15H,4,6-7,9,11H2,1-3H3,(H,23,29)(H2,22,24,25,26)/b8-5+. The molecule has 0 bridgehead atoms. The second-order valence-corrected chi connectivity index (χ2v) is 8.94. The number of carbonyl (C=O) groups excluding carboxylic acids is 1. The number of nitrogens with one attached hydrogen (secondary N) is 3. The Labute approximate surface area is 186 Å². The Morgan fingerprint density at radius 3 is 2.90 bits per heavy atom. The molecule has 10 heteroatoms. The topological polar surface area (TPSA) is 95.1 Å². The lowest BCUT2D eigenvalue weighted by Crippen LogP contribution is -2.41. The van der Waals surface area contributed by atoms with Crippen LogP contribution in [0.4, 0.5) is 16.8 Å². The number of anilines is 3. The van der Waals surface area contributed by atoms with Gasteiger partial charge in [0, 0.05) is 24.7 Å². The van der Waals surface area contributed by atoms with Crippen molar-refractivity contribution in [3.05, 3.63) is 35.1 Å². The number of likely N-dealkylation sites (N-methyl/N-ethyl adjacent to an activating group) is 1. The van der Waals surface area contributed by atoms with Gasteiger partial charge in [-0.1, -0.05) is 17.7 Å². The summed E-state index contributed by atoms with van der Waals surface area (Å²) in [7, 11) is 3.94. The lowest BCUT2D eigenvalue weighted by molar-refractivity contribution is -0.117. The van der Waals surface area contributed by atoms with Crippen molar-refractivity contribution in [3.63, 3.8) is 0 Å². The normalized spacial score (nSPS) is 19.2. The van der Waals surface area contributed by atoms with Gasteiger partial charge in [-0.15, -0.1) is 0 Å². The predicted molar refractivity (Wildman–Crippen MR) is 123 cm³/mol. The maximum Gasteiger partial charge on any atom is 0.243 e. The van der Waals surface area contributed by atoms with Gasteiger partial charge in [0.2, 0.25) is 11.9 Å². The monoisotopic (exact) mass is 449 g/mol. The van der Waals surface area contributed by atoms with Crippen LogP contribution in [0.15, 0.2) is 24.4 Å². The van der Waals surface area contributed by atoms with Crippen LogP contribution in [0.1, 0.15) is 31.4 Å². The predicted octanol–water partition coefficient (Wildman–Crippen LogP) is 3.60. The summed E-state index contributed by atoms with van der Waals surface area (Å²) in [6, 6.07) is 2.25. The van der Waals surface area contributed by atoms with Gasteiger partial charge in [-0.05, 0) is 64.3 Å². The second kappa shape index (κ2) is 10.7. The molecule has 3 rings (SSSR count). The number of carbonyl (C=O) groups is 1. The van der Waals surface area contributed by atoms with Crippen molar-refractivity contribution < 1.29 is 4.79 Å². The molecule has 1 aliphatic carbocycles. The summed E-state index contributed by atoms with van der Waals surface area (Å²) in [6.45, 7) is 2.68. The van der Waals surface area contributed by atoms with E-state index >= 15 is 0 Å². The molecule has 162 valence electrons. The van der Waals surface area contributed by atoms with Gasteiger partial charge in [0.25, 0.3) is 0 Å². The lowest BCUT2D eigenvalue weighted by atomic mass is 9.91. The van der Waals surface area contributed by atoms with E-state index in [0.29, 0.717) is 16.8 Å². The largest absolute Gasteiger partial charge is 0.366 e. The average Bonchev–Trinajstić information content (AvgIpc) is 3.09. The first kappa shape index (κ1) is 22.5. The fourth-order valence-electron chi connectivity index (χ4n) is 3.33. The SMILES string of the molecule is Cc1cc(Nc2ncc(Cl)c(NC3CCCC(NC(=O)/C=C/CN(C)C)C3)n2)sn1. The molecule has 1 amide bonds. The molecule has 0 aliphatic heterocycles. The van der Waals surface area contributed by atoms with Crippen LogP contribution in [0.25, 0.3) is 0 Å². The van der Waals surface area contributed by atoms with E-state index in [2.05, 4.69) is 30.3 Å². The Morgan fingerprint density at radius 1 is 1.37 bits per heavy atom. The Balaban J connectivity index is 1.57. The molecule has 30 heavy (non-hydrogen) atoms. The summed E-state index contributed by atoms with van der Waals surface area (Å²) < 4.78 is 4.25. The highest BCUT2D eigenvalue weighted by Gasteiger charge is 2.24. The van der Waals surface area contributed by atoms with E-state index in [1.807, 2.05) is 38.1 Å². The van der Waals surface area contributed by atoms with Gasteiger partial charge >= 0.3 is 0 Å². The molecule has 0 saturated heterocycles. The van der Waals surface area contributed by atoms with Crippen LogP contribution in [-0.2, 0) is 4.79 Å². The number of hydrogen-bond donors (Lipinski definition) is 3. The zero-order chi connectivity index (χ0) is 21.5. The number of hydrogen-bond acceptors (Lipinski definition) is 8. The summed E-state index contributed by atoms with van der Waals surface area (Å²) in [5.74, 6) is 1.02. The number of halogens is 1. The maximum absolute atomic E-state index is 12.1. The third-order valence-corrected chi connectivity index (χ3v) is 5.78. The summed E-state index contributed by atoms with van der Waals surface area (Å²) in [5.41, 5.74) is 0.946. The molecular formula is C20H28ClN7OS. The molecule has 0 spiro atoms. The highest BCUT2D eigenvalue weighted by atomic mass is 35.5. The number of amides is 1. The minimum atomic E-state index is -0.0473. The van der Waals surface area contributed by atoms with Gasteiger partial charge in [-0.2, -0.15) is 9.36 Å². The Morgan fingerprint density at radius 2 is 2.17 bits per heavy atom. The molecule has 2 unspecified atom stereocenters. The molecule has 2 aromatic heterocycles. The zero-order valence-corrected chi connectivity index (χ0v) is 19.1. The Kier molecular flexibility index (Phi) is 8.01. The summed E-state index contributed by atoms with van der Waals surface area (Å²) >= 11 is 7.68. The molecule has 1 saturated carbocycles. The summed E-state index contributed by atoms with van der Waals surface area (Å²) in [6.07, 6.45) is 8.89. The number of aryl methyl sites for hydroxylation is 1. The molecule has 0 radical (unpaired) electrons. The van der Waals surface area contributed by atoms with Crippen molar-refractivity contribution in [3.8, 4) is 0 Å². The Bertz CT molecular complexity index is 886. The van der Waals surface area contributed by atoms with Gasteiger partial charge in [0.15, 0.2) is 5.82 Å². The van der Waals surface area contributed by atoms with Crippen LogP contribution >= 0.6 is 23.1 Å². The fraction of sp³-hybridized carbons (Fsp3) is 0.500. The minimum absolute atomic E-state index is 0.0473. The van der Waals surface area contributed by atoms with Crippen molar-refractivity contribution in [2.24, 2.45) is 0 Å². The molecular weight excluding hydrogens is 422 g/mol. The van der Waals surface area contributed by atoms with Crippen LogP contribution in [0.3, 0.4) is 0 Å². The number of aromatic nitrogens is 3. The third kappa shape index (κ3) is 6.93. The van der Waals surface area contributed by atoms with E-state index in [0.717, 1.165) is 42.9 Å². The lowest BCUT2D eigenvalue weighted by Gasteiger charge is -2.30. The van der Waals surface area contributed by atoms with Crippen LogP contribution in [-0.4, -0.2) is 57.9 Å². The molecule has 3 N–H and O–H groups in total. The quantitative estimate of drug-likeness (QED) is 0.530. The first-order chi connectivity index (χ1) is 14.4. The number of rotatable bonds is 8. The average molecular weight is 450 g/mol. The summed E-state index contributed by atoms with van der Waals surface area (Å²) in [5, 5.41) is 11.0. The van der Waals surface area contributed by atoms with E-state index in [4.69, 9.17) is 11.6 Å². The third-order valence-electron chi connectivity index (χ3n) is 4.71. The molecule has 1 aliphatic rings. The first-order valence-electron chi connectivity index (χ1n) is 10.00. The molecule has 0 aromatic carbocycles. The van der Waals surface area contributed by atoms with Gasteiger partial charge in [0.1, 0.15) is 10.0 Å². The van der Waals surface area contributed by atoms with E-state index in [1.54, 1.807) is 12.3 Å². The van der Waals surface area contributed by atoms with Gasteiger partial charge in [-0.25, -0.2) is 4.98 Å². The minimum Gasteiger partial charge on any atom is -0.366 e. The molecule has 2 atom stereocenters. The number of nitrogens with zero attached hydrogens (tertiary/aromatic N) is 4. The van der Waals surface area contributed by atoms with Crippen LogP contribution in [0.2, 0.25) is 5.02 Å². The molecule has 2 heterocycles. The van der Waals surface area contributed by atoms with Crippen LogP contribution in [0.5, 0.6) is 0 Å². The van der Waals surface area contributed by atoms with Crippen LogP contribution < -0.4 is 16.0 Å². The van der Waals surface area contributed by atoms with E-state index in [-0.39, 0.29) is 18.0 Å². The highest BCUT2D eigenvalue weighted by Crippen LogP contribution is 2.27. The van der Waals surface area contributed by atoms with E-state index in [9.17, 15) is 4.79 Å². The van der Waals surface area contributed by atoms with Crippen LogP contribution in [0, 0.1) is 6.92 Å². The highest BCUT2D eigenvalue weighted by molar-refractivity contribution is 7.10. The van der Waals surface area contributed by atoms with Gasteiger partial charge < -0.3 is 20.9 Å². The maximum atomic E-state index is 12.1. The summed E-state index contributed by atoms with van der Waals surface area (Å²) in [4.78, 5) is 22.9. The van der Waals surface area contributed by atoms with Crippen molar-refractivity contribution in [1.29, 1.82) is 0 Å². The molecule has 8 nitrogen and oxygen atoms in total. The smallest absolute Gasteiger partial charge is 0.243 e. The first-order valence-corrected chi connectivity index (χ1v) is 11.2. The fourth-order valence-corrected chi connectivity index (χ4v) is 4.13. The zero-order valence-electron chi connectivity index (χ0n) is 17.5.